The summed E-state index contributed by atoms with van der Waals surface area (Å²) in [7, 11) is -1.22. The van der Waals surface area contributed by atoms with E-state index in [1.807, 2.05) is 4.83 Å². The van der Waals surface area contributed by atoms with Crippen molar-refractivity contribution in [2.75, 3.05) is 40.5 Å². The predicted octanol–water partition coefficient (Wildman–Crippen LogP) is -0.949. The fourth-order valence-electron chi connectivity index (χ4n) is 1.92. The van der Waals surface area contributed by atoms with Crippen molar-refractivity contribution in [2.24, 2.45) is 0 Å². The number of nitrogens with zero attached hydrogens (tertiary/aromatic N) is 2. The lowest BCUT2D eigenvalue weighted by atomic mass is 10.00. The minimum Gasteiger partial charge on any atom is -0.383 e. The van der Waals surface area contributed by atoms with Crippen molar-refractivity contribution in [1.29, 1.82) is 0 Å². The summed E-state index contributed by atoms with van der Waals surface area (Å²) >= 11 is 0. The van der Waals surface area contributed by atoms with E-state index in [9.17, 15) is 18.0 Å². The predicted molar refractivity (Wildman–Crippen MR) is 81.5 cm³/mol. The Kier molecular flexibility index (Phi) is 6.89. The largest absolute Gasteiger partial charge is 0.383 e. The first kappa shape index (κ1) is 19.8. The van der Waals surface area contributed by atoms with Crippen LogP contribution < -0.4 is 10.1 Å². The van der Waals surface area contributed by atoms with Crippen LogP contribution in [-0.4, -0.2) is 75.7 Å². The van der Waals surface area contributed by atoms with Crippen LogP contribution in [-0.2, 0) is 24.5 Å². The second-order valence-corrected chi connectivity index (χ2v) is 6.89. The van der Waals surface area contributed by atoms with Crippen LogP contribution in [0.15, 0.2) is 0 Å². The van der Waals surface area contributed by atoms with Crippen molar-refractivity contribution in [2.45, 2.75) is 25.8 Å². The highest BCUT2D eigenvalue weighted by molar-refractivity contribution is 7.87. The van der Waals surface area contributed by atoms with E-state index in [0.717, 1.165) is 4.31 Å². The summed E-state index contributed by atoms with van der Waals surface area (Å²) in [5.74, 6) is -0.646. The van der Waals surface area contributed by atoms with Gasteiger partial charge in [-0.05, 0) is 13.3 Å². The molecule has 0 radical (unpaired) electrons. The fourth-order valence-corrected chi connectivity index (χ4v) is 3.06. The zero-order chi connectivity index (χ0) is 17.7. The topological polar surface area (TPSA) is 117 Å². The van der Waals surface area contributed by atoms with Gasteiger partial charge in [-0.25, -0.2) is 4.79 Å². The van der Waals surface area contributed by atoms with Gasteiger partial charge in [0.1, 0.15) is 5.54 Å². The van der Waals surface area contributed by atoms with Gasteiger partial charge in [0, 0.05) is 27.3 Å². The second kappa shape index (κ2) is 8.02. The summed E-state index contributed by atoms with van der Waals surface area (Å²) in [4.78, 5) is 26.2. The molecule has 0 saturated carbocycles. The normalized spacial score (nSPS) is 22.0. The summed E-state index contributed by atoms with van der Waals surface area (Å²) < 4.78 is 35.6. The van der Waals surface area contributed by atoms with Crippen LogP contribution in [0.3, 0.4) is 0 Å². The van der Waals surface area contributed by atoms with Crippen LogP contribution >= 0.6 is 0 Å². The third-order valence-corrected chi connectivity index (χ3v) is 5.06. The maximum absolute atomic E-state index is 12.4. The number of amides is 3. The molecule has 0 aliphatic carbocycles. The first-order valence-corrected chi connectivity index (χ1v) is 8.58. The highest BCUT2D eigenvalue weighted by Gasteiger charge is 2.48. The van der Waals surface area contributed by atoms with Gasteiger partial charge in [-0.1, -0.05) is 6.92 Å². The SMILES string of the molecule is CC[C@]1(C)NC(=O)N(NS(=O)(=O)N(CCOC)CCOC)C1=O. The van der Waals surface area contributed by atoms with Crippen LogP contribution in [0.4, 0.5) is 4.79 Å². The Labute approximate surface area is 136 Å². The highest BCUT2D eigenvalue weighted by Crippen LogP contribution is 2.19. The van der Waals surface area contributed by atoms with Crippen LogP contribution in [0.1, 0.15) is 20.3 Å². The number of rotatable bonds is 10. The van der Waals surface area contributed by atoms with Gasteiger partial charge < -0.3 is 14.8 Å². The zero-order valence-corrected chi connectivity index (χ0v) is 14.6. The number of urea groups is 1. The smallest absolute Gasteiger partial charge is 0.340 e. The Morgan fingerprint density at radius 3 is 2.13 bits per heavy atom. The van der Waals surface area contributed by atoms with Gasteiger partial charge in [0.2, 0.25) is 0 Å². The number of nitrogens with one attached hydrogen (secondary N) is 2. The van der Waals surface area contributed by atoms with Gasteiger partial charge >= 0.3 is 6.03 Å². The summed E-state index contributed by atoms with van der Waals surface area (Å²) in [6.07, 6.45) is 0.340. The molecule has 1 aliphatic heterocycles. The van der Waals surface area contributed by atoms with E-state index < -0.39 is 27.7 Å². The molecule has 11 heteroatoms. The number of ether oxygens (including phenoxy) is 2. The molecule has 1 heterocycles. The molecule has 1 fully saturated rings. The molecule has 0 aromatic heterocycles. The number of hydrogen-bond donors (Lipinski definition) is 2. The van der Waals surface area contributed by atoms with Crippen molar-refractivity contribution in [3.8, 4) is 0 Å². The lowest BCUT2D eigenvalue weighted by Gasteiger charge is -2.25. The van der Waals surface area contributed by atoms with E-state index in [0.29, 0.717) is 11.4 Å². The molecule has 2 N–H and O–H groups in total. The molecule has 10 nitrogen and oxygen atoms in total. The van der Waals surface area contributed by atoms with Crippen LogP contribution in [0, 0.1) is 0 Å². The first-order valence-electron chi connectivity index (χ1n) is 7.14. The number of hydrogen-bond acceptors (Lipinski definition) is 6. The molecule has 0 aromatic rings. The molecule has 3 amide bonds. The van der Waals surface area contributed by atoms with Gasteiger partial charge in [0.05, 0.1) is 13.2 Å². The Balaban J connectivity index is 2.90. The Hall–Kier alpha value is -1.27. The van der Waals surface area contributed by atoms with Crippen molar-refractivity contribution >= 4 is 22.1 Å². The third kappa shape index (κ3) is 4.61. The summed E-state index contributed by atoms with van der Waals surface area (Å²) in [5, 5.41) is 2.96. The maximum atomic E-state index is 12.4. The quantitative estimate of drug-likeness (QED) is 0.490. The lowest BCUT2D eigenvalue weighted by molar-refractivity contribution is -0.132. The van der Waals surface area contributed by atoms with Crippen molar-refractivity contribution in [3.05, 3.63) is 0 Å². The van der Waals surface area contributed by atoms with E-state index >= 15 is 0 Å². The Morgan fingerprint density at radius 2 is 1.74 bits per heavy atom. The van der Waals surface area contributed by atoms with Crippen molar-refractivity contribution in [1.82, 2.24) is 19.5 Å². The van der Waals surface area contributed by atoms with E-state index in [1.165, 1.54) is 21.1 Å². The molecule has 1 rings (SSSR count). The number of hydrazine groups is 1. The van der Waals surface area contributed by atoms with Crippen molar-refractivity contribution in [3.63, 3.8) is 0 Å². The van der Waals surface area contributed by atoms with Crippen LogP contribution in [0.2, 0.25) is 0 Å². The van der Waals surface area contributed by atoms with E-state index in [4.69, 9.17) is 9.47 Å². The molecule has 0 bridgehead atoms. The molecule has 1 saturated heterocycles. The number of carbonyl (C=O) groups is 2. The molecule has 134 valence electrons. The van der Waals surface area contributed by atoms with Gasteiger partial charge in [0.25, 0.3) is 16.1 Å². The summed E-state index contributed by atoms with van der Waals surface area (Å²) in [5.41, 5.74) is -1.12. The molecule has 0 spiro atoms. The molecule has 0 aromatic carbocycles. The number of methoxy groups -OCH3 is 2. The van der Waals surface area contributed by atoms with Gasteiger partial charge in [-0.2, -0.15) is 17.7 Å². The Bertz CT molecular complexity index is 532. The minimum absolute atomic E-state index is 0.0594. The minimum atomic E-state index is -4.11. The number of carbonyl (C=O) groups excluding carboxylic acids is 2. The molecule has 23 heavy (non-hydrogen) atoms. The third-order valence-electron chi connectivity index (χ3n) is 3.60. The molecule has 1 atom stereocenters. The fraction of sp³-hybridized carbons (Fsp3) is 0.833. The van der Waals surface area contributed by atoms with Crippen molar-refractivity contribution < 1.29 is 27.5 Å². The zero-order valence-electron chi connectivity index (χ0n) is 13.8. The van der Waals surface area contributed by atoms with Crippen LogP contribution in [0.25, 0.3) is 0 Å². The maximum Gasteiger partial charge on any atom is 0.340 e. The van der Waals surface area contributed by atoms with Gasteiger partial charge in [-0.15, -0.1) is 4.83 Å². The standard InChI is InChI=1S/C12H24N4O6S/c1-5-12(2)10(17)16(11(18)13-12)14-23(19,20)15(6-8-21-3)7-9-22-4/h14H,5-9H2,1-4H3,(H,13,18)/t12-/m0/s1. The number of imide groups is 1. The average molecular weight is 352 g/mol. The average Bonchev–Trinajstić information content (AvgIpc) is 2.71. The lowest BCUT2D eigenvalue weighted by Crippen LogP contribution is -2.54. The summed E-state index contributed by atoms with van der Waals surface area (Å²) in [6.45, 7) is 3.71. The molecule has 1 aliphatic rings. The Morgan fingerprint density at radius 1 is 1.22 bits per heavy atom. The molecular weight excluding hydrogens is 328 g/mol. The molecule has 0 unspecified atom stereocenters. The van der Waals surface area contributed by atoms with Gasteiger partial charge in [-0.3, -0.25) is 4.79 Å². The monoisotopic (exact) mass is 352 g/mol. The van der Waals surface area contributed by atoms with E-state index in [2.05, 4.69) is 5.32 Å². The van der Waals surface area contributed by atoms with Crippen LogP contribution in [0.5, 0.6) is 0 Å². The van der Waals surface area contributed by atoms with E-state index in [1.54, 1.807) is 6.92 Å². The second-order valence-electron chi connectivity index (χ2n) is 5.24. The van der Waals surface area contributed by atoms with E-state index in [-0.39, 0.29) is 26.3 Å². The molecular formula is C12H24N4O6S. The first-order chi connectivity index (χ1) is 10.7. The highest BCUT2D eigenvalue weighted by atomic mass is 32.2. The van der Waals surface area contributed by atoms with Gasteiger partial charge in [0.15, 0.2) is 0 Å². The summed E-state index contributed by atoms with van der Waals surface area (Å²) in [6, 6.07) is -0.804.